The van der Waals surface area contributed by atoms with Crippen LogP contribution in [-0.2, 0) is 32.6 Å². The van der Waals surface area contributed by atoms with E-state index in [0.717, 1.165) is 42.4 Å². The summed E-state index contributed by atoms with van der Waals surface area (Å²) in [6.07, 6.45) is 5.96. The summed E-state index contributed by atoms with van der Waals surface area (Å²) in [5.74, 6) is -0.381. The summed E-state index contributed by atoms with van der Waals surface area (Å²) < 4.78 is 26.6. The minimum absolute atomic E-state index is 0.0837. The number of amides is 2. The van der Waals surface area contributed by atoms with Crippen LogP contribution in [0.1, 0.15) is 55.2 Å². The third-order valence-electron chi connectivity index (χ3n) is 7.66. The van der Waals surface area contributed by atoms with Gasteiger partial charge in [0.1, 0.15) is 6.04 Å². The molecule has 9 heteroatoms. The van der Waals surface area contributed by atoms with Gasteiger partial charge in [-0.3, -0.25) is 13.9 Å². The van der Waals surface area contributed by atoms with Crippen molar-refractivity contribution in [3.8, 4) is 0 Å². The van der Waals surface area contributed by atoms with E-state index in [4.69, 9.17) is 11.6 Å². The third-order valence-corrected chi connectivity index (χ3v) is 9.09. The number of hydrogen-bond donors (Lipinski definition) is 1. The molecule has 7 nitrogen and oxygen atoms in total. The Hall–Kier alpha value is -3.36. The molecule has 2 amide bonds. The zero-order chi connectivity index (χ0) is 30.1. The molecule has 1 aliphatic rings. The Morgan fingerprint density at radius 1 is 0.952 bits per heavy atom. The second kappa shape index (κ2) is 14.7. The van der Waals surface area contributed by atoms with Crippen LogP contribution in [0, 0.1) is 6.92 Å². The largest absolute Gasteiger partial charge is 0.352 e. The SMILES string of the molecule is Cc1cccc(N(CCCC(=O)N(Cc2cccc(Cl)c2)C(Cc2ccccc2)C(=O)NC2CCCC2)S(C)(=O)=O)c1. The topological polar surface area (TPSA) is 86.8 Å². The molecule has 0 saturated heterocycles. The molecule has 42 heavy (non-hydrogen) atoms. The summed E-state index contributed by atoms with van der Waals surface area (Å²) in [6, 6.07) is 23.7. The van der Waals surface area contributed by atoms with Crippen LogP contribution in [0.5, 0.6) is 0 Å². The van der Waals surface area contributed by atoms with Crippen molar-refractivity contribution < 1.29 is 18.0 Å². The van der Waals surface area contributed by atoms with Gasteiger partial charge < -0.3 is 10.2 Å². The van der Waals surface area contributed by atoms with Crippen LogP contribution in [0.4, 0.5) is 5.69 Å². The van der Waals surface area contributed by atoms with Crippen LogP contribution in [0.3, 0.4) is 0 Å². The molecule has 1 atom stereocenters. The number of rotatable bonds is 13. The number of carbonyl (C=O) groups excluding carboxylic acids is 2. The van der Waals surface area contributed by atoms with Gasteiger partial charge in [0, 0.05) is 37.0 Å². The number of hydrogen-bond acceptors (Lipinski definition) is 4. The summed E-state index contributed by atoms with van der Waals surface area (Å²) in [4.78, 5) is 29.4. The van der Waals surface area contributed by atoms with E-state index in [1.54, 1.807) is 23.1 Å². The van der Waals surface area contributed by atoms with E-state index < -0.39 is 16.1 Å². The van der Waals surface area contributed by atoms with E-state index in [1.807, 2.05) is 67.6 Å². The first-order valence-corrected chi connectivity index (χ1v) is 16.8. The van der Waals surface area contributed by atoms with E-state index in [9.17, 15) is 18.0 Å². The Morgan fingerprint density at radius 3 is 2.31 bits per heavy atom. The van der Waals surface area contributed by atoms with Crippen LogP contribution in [0.25, 0.3) is 0 Å². The highest BCUT2D eigenvalue weighted by Crippen LogP contribution is 2.23. The van der Waals surface area contributed by atoms with Crippen molar-refractivity contribution in [2.24, 2.45) is 0 Å². The predicted octanol–water partition coefficient (Wildman–Crippen LogP) is 5.89. The molecule has 4 rings (SSSR count). The fourth-order valence-corrected chi connectivity index (χ4v) is 6.71. The van der Waals surface area contributed by atoms with Crippen molar-refractivity contribution in [2.45, 2.75) is 70.5 Å². The van der Waals surface area contributed by atoms with Gasteiger partial charge in [0.2, 0.25) is 21.8 Å². The number of sulfonamides is 1. The fourth-order valence-electron chi connectivity index (χ4n) is 5.54. The number of aryl methyl sites for hydroxylation is 1. The van der Waals surface area contributed by atoms with Gasteiger partial charge in [-0.2, -0.15) is 0 Å². The standard InChI is InChI=1S/C33H40ClN3O4S/c1-25-11-8-18-30(21-25)37(42(2,40)41)20-10-19-32(38)36(24-27-14-9-15-28(34)22-27)31(23-26-12-4-3-5-13-26)33(39)35-29-16-6-7-17-29/h3-5,8-9,11-15,18,21-22,29,31H,6-7,10,16-17,19-20,23-24H2,1-2H3,(H,35,39). The molecule has 0 spiro atoms. The second-order valence-corrected chi connectivity index (χ2v) is 13.5. The number of anilines is 1. The van der Waals surface area contributed by atoms with Gasteiger partial charge >= 0.3 is 0 Å². The fraction of sp³-hybridized carbons (Fsp3) is 0.394. The summed E-state index contributed by atoms with van der Waals surface area (Å²) in [7, 11) is -3.56. The minimum atomic E-state index is -3.56. The maximum absolute atomic E-state index is 14.0. The Bertz CT molecular complexity index is 1460. The first-order valence-electron chi connectivity index (χ1n) is 14.5. The second-order valence-electron chi connectivity index (χ2n) is 11.1. The molecule has 1 aliphatic carbocycles. The molecule has 1 fully saturated rings. The van der Waals surface area contributed by atoms with Gasteiger partial charge in [0.25, 0.3) is 0 Å². The molecule has 1 unspecified atom stereocenters. The average Bonchev–Trinajstić information content (AvgIpc) is 3.46. The molecule has 0 aromatic heterocycles. The molecule has 224 valence electrons. The van der Waals surface area contributed by atoms with E-state index in [-0.39, 0.29) is 37.4 Å². The first-order chi connectivity index (χ1) is 20.1. The maximum atomic E-state index is 14.0. The van der Waals surface area contributed by atoms with Gasteiger partial charge in [-0.05, 0) is 67.1 Å². The number of benzene rings is 3. The lowest BCUT2D eigenvalue weighted by atomic mass is 10.0. The monoisotopic (exact) mass is 609 g/mol. The van der Waals surface area contributed by atoms with Gasteiger partial charge in [-0.15, -0.1) is 0 Å². The number of halogens is 1. The van der Waals surface area contributed by atoms with Crippen LogP contribution < -0.4 is 9.62 Å². The molecule has 0 bridgehead atoms. The van der Waals surface area contributed by atoms with E-state index in [0.29, 0.717) is 23.6 Å². The van der Waals surface area contributed by atoms with Crippen LogP contribution in [0.15, 0.2) is 78.9 Å². The zero-order valence-corrected chi connectivity index (χ0v) is 25.9. The van der Waals surface area contributed by atoms with E-state index in [1.165, 1.54) is 10.6 Å². The minimum Gasteiger partial charge on any atom is -0.352 e. The highest BCUT2D eigenvalue weighted by Gasteiger charge is 2.32. The van der Waals surface area contributed by atoms with Gasteiger partial charge in [0.05, 0.1) is 11.9 Å². The molecular formula is C33H40ClN3O4S. The number of nitrogens with one attached hydrogen (secondary N) is 1. The lowest BCUT2D eigenvalue weighted by Crippen LogP contribution is -2.52. The van der Waals surface area contributed by atoms with Crippen LogP contribution in [-0.4, -0.2) is 50.0 Å². The lowest BCUT2D eigenvalue weighted by Gasteiger charge is -2.33. The van der Waals surface area contributed by atoms with Crippen molar-refractivity contribution in [1.82, 2.24) is 10.2 Å². The molecule has 1 N–H and O–H groups in total. The predicted molar refractivity (Wildman–Crippen MR) is 169 cm³/mol. The molecule has 3 aromatic rings. The highest BCUT2D eigenvalue weighted by molar-refractivity contribution is 7.92. The van der Waals surface area contributed by atoms with Crippen molar-refractivity contribution in [2.75, 3.05) is 17.1 Å². The summed E-state index contributed by atoms with van der Waals surface area (Å²) in [6.45, 7) is 2.27. The Kier molecular flexibility index (Phi) is 11.0. The van der Waals surface area contributed by atoms with Gasteiger partial charge in [-0.25, -0.2) is 8.42 Å². The summed E-state index contributed by atoms with van der Waals surface area (Å²) >= 11 is 6.28. The molecule has 0 heterocycles. The highest BCUT2D eigenvalue weighted by atomic mass is 35.5. The first kappa shape index (κ1) is 31.6. The lowest BCUT2D eigenvalue weighted by molar-refractivity contribution is -0.141. The van der Waals surface area contributed by atoms with Gasteiger partial charge in [0.15, 0.2) is 0 Å². The smallest absolute Gasteiger partial charge is 0.243 e. The Morgan fingerprint density at radius 2 is 1.64 bits per heavy atom. The number of nitrogens with zero attached hydrogens (tertiary/aromatic N) is 2. The molecule has 0 aliphatic heterocycles. The van der Waals surface area contributed by atoms with Gasteiger partial charge in [-0.1, -0.05) is 79.0 Å². The quantitative estimate of drug-likeness (QED) is 0.262. The van der Waals surface area contributed by atoms with Crippen molar-refractivity contribution in [3.63, 3.8) is 0 Å². The maximum Gasteiger partial charge on any atom is 0.243 e. The Balaban J connectivity index is 1.59. The van der Waals surface area contributed by atoms with Crippen LogP contribution in [0.2, 0.25) is 5.02 Å². The molecule has 1 saturated carbocycles. The van der Waals surface area contributed by atoms with Crippen molar-refractivity contribution >= 4 is 39.1 Å². The Labute approximate surface area is 254 Å². The van der Waals surface area contributed by atoms with Crippen LogP contribution >= 0.6 is 11.6 Å². The summed E-state index contributed by atoms with van der Waals surface area (Å²) in [5.41, 5.74) is 3.29. The average molecular weight is 610 g/mol. The zero-order valence-electron chi connectivity index (χ0n) is 24.3. The third kappa shape index (κ3) is 9.07. The normalized spacial score (nSPS) is 14.4. The van der Waals surface area contributed by atoms with E-state index >= 15 is 0 Å². The molecule has 0 radical (unpaired) electrons. The van der Waals surface area contributed by atoms with Crippen molar-refractivity contribution in [3.05, 3.63) is 101 Å². The summed E-state index contributed by atoms with van der Waals surface area (Å²) in [5, 5.41) is 3.76. The molecular weight excluding hydrogens is 570 g/mol. The van der Waals surface area contributed by atoms with Crippen molar-refractivity contribution in [1.29, 1.82) is 0 Å². The number of carbonyl (C=O) groups is 2. The van der Waals surface area contributed by atoms with E-state index in [2.05, 4.69) is 5.32 Å². The molecule has 3 aromatic carbocycles.